The van der Waals surface area contributed by atoms with E-state index in [-0.39, 0.29) is 10.6 Å². The van der Waals surface area contributed by atoms with Crippen molar-refractivity contribution in [3.8, 4) is 11.4 Å². The molecule has 2 heterocycles. The Labute approximate surface area is 175 Å². The van der Waals surface area contributed by atoms with Gasteiger partial charge in [0.25, 0.3) is 5.69 Å². The lowest BCUT2D eigenvalue weighted by Crippen LogP contribution is -2.08. The van der Waals surface area contributed by atoms with E-state index in [1.165, 1.54) is 11.1 Å². The van der Waals surface area contributed by atoms with Crippen molar-refractivity contribution in [1.82, 2.24) is 9.78 Å². The predicted octanol–water partition coefficient (Wildman–Crippen LogP) is 4.63. The van der Waals surface area contributed by atoms with Gasteiger partial charge in [0.05, 0.1) is 23.4 Å². The van der Waals surface area contributed by atoms with Gasteiger partial charge in [-0.05, 0) is 62.3 Å². The van der Waals surface area contributed by atoms with Gasteiger partial charge in [-0.15, -0.1) is 0 Å². The number of nitro groups is 1. The summed E-state index contributed by atoms with van der Waals surface area (Å²) in [6.45, 7) is 2.84. The number of nitro benzene ring substituents is 1. The maximum Gasteiger partial charge on any atom is 0.271 e. The first-order chi connectivity index (χ1) is 14.6. The summed E-state index contributed by atoms with van der Waals surface area (Å²) >= 11 is 0. The van der Waals surface area contributed by atoms with E-state index >= 15 is 0 Å². The van der Waals surface area contributed by atoms with E-state index < -0.39 is 0 Å². The molecule has 0 atom stereocenters. The summed E-state index contributed by atoms with van der Waals surface area (Å²) in [7, 11) is 1.67. The van der Waals surface area contributed by atoms with Crippen LogP contribution in [0.1, 0.15) is 35.2 Å². The van der Waals surface area contributed by atoms with Crippen LogP contribution in [-0.2, 0) is 19.3 Å². The zero-order chi connectivity index (χ0) is 21.1. The summed E-state index contributed by atoms with van der Waals surface area (Å²) in [4.78, 5) is 10.9. The number of hydrogen-bond acceptors (Lipinski definition) is 5. The Morgan fingerprint density at radius 3 is 2.70 bits per heavy atom. The molecule has 4 rings (SSSR count). The predicted molar refractivity (Wildman–Crippen MR) is 117 cm³/mol. The third-order valence-corrected chi connectivity index (χ3v) is 5.65. The molecule has 0 radical (unpaired) electrons. The third-order valence-electron chi connectivity index (χ3n) is 5.65. The average Bonchev–Trinajstić information content (AvgIpc) is 2.92. The van der Waals surface area contributed by atoms with Crippen LogP contribution < -0.4 is 10.1 Å². The zero-order valence-electron chi connectivity index (χ0n) is 17.4. The third kappa shape index (κ3) is 4.01. The highest BCUT2D eigenvalue weighted by Crippen LogP contribution is 2.31. The number of methoxy groups -OCH3 is 1. The number of fused-ring (bicyclic) bond motifs is 1. The standard InChI is InChI=1S/C23H26N4O3/c1-16-6-10-18(27(28)29)15-22(16)26-23-20(5-3-4-14-24-23)21(25-26)13-9-17-7-11-19(30-2)12-8-17/h6-8,10-12,15,24H,3-5,9,13-14H2,1-2H3. The van der Waals surface area contributed by atoms with E-state index in [4.69, 9.17) is 9.84 Å². The first kappa shape index (κ1) is 19.9. The number of aryl methyl sites for hydroxylation is 3. The van der Waals surface area contributed by atoms with Crippen molar-refractivity contribution in [3.63, 3.8) is 0 Å². The topological polar surface area (TPSA) is 82.2 Å². The quantitative estimate of drug-likeness (QED) is 0.477. The van der Waals surface area contributed by atoms with E-state index in [1.807, 2.05) is 23.7 Å². The Bertz CT molecular complexity index is 1060. The first-order valence-electron chi connectivity index (χ1n) is 10.3. The number of benzene rings is 2. The molecule has 1 aliphatic heterocycles. The molecule has 0 fully saturated rings. The summed E-state index contributed by atoms with van der Waals surface area (Å²) in [5.41, 5.74) is 5.30. The second-order valence-corrected chi connectivity index (χ2v) is 7.65. The lowest BCUT2D eigenvalue weighted by molar-refractivity contribution is -0.384. The van der Waals surface area contributed by atoms with Crippen LogP contribution in [0.15, 0.2) is 42.5 Å². The summed E-state index contributed by atoms with van der Waals surface area (Å²) in [6, 6.07) is 13.1. The fourth-order valence-electron chi connectivity index (χ4n) is 3.94. The number of aromatic nitrogens is 2. The fraction of sp³-hybridized carbons (Fsp3) is 0.348. The van der Waals surface area contributed by atoms with Gasteiger partial charge in [-0.2, -0.15) is 5.10 Å². The Morgan fingerprint density at radius 1 is 1.17 bits per heavy atom. The lowest BCUT2D eigenvalue weighted by atomic mass is 10.0. The van der Waals surface area contributed by atoms with Crippen molar-refractivity contribution in [1.29, 1.82) is 0 Å². The molecule has 1 N–H and O–H groups in total. The van der Waals surface area contributed by atoms with Gasteiger partial charge in [-0.25, -0.2) is 4.68 Å². The Hall–Kier alpha value is -3.35. The van der Waals surface area contributed by atoms with Gasteiger partial charge in [0.15, 0.2) is 0 Å². The molecule has 1 aliphatic rings. The maximum absolute atomic E-state index is 11.3. The fourth-order valence-corrected chi connectivity index (χ4v) is 3.94. The summed E-state index contributed by atoms with van der Waals surface area (Å²) in [5, 5.41) is 19.7. The van der Waals surface area contributed by atoms with Crippen molar-refractivity contribution in [2.75, 3.05) is 19.0 Å². The van der Waals surface area contributed by atoms with Crippen LogP contribution in [0.4, 0.5) is 11.5 Å². The molecule has 156 valence electrons. The van der Waals surface area contributed by atoms with E-state index in [9.17, 15) is 10.1 Å². The molecular weight excluding hydrogens is 380 g/mol. The van der Waals surface area contributed by atoms with Gasteiger partial charge in [0.1, 0.15) is 11.6 Å². The minimum atomic E-state index is -0.358. The largest absolute Gasteiger partial charge is 0.497 e. The average molecular weight is 406 g/mol. The minimum absolute atomic E-state index is 0.0771. The van der Waals surface area contributed by atoms with E-state index in [0.29, 0.717) is 0 Å². The molecule has 0 spiro atoms. The summed E-state index contributed by atoms with van der Waals surface area (Å²) in [5.74, 6) is 1.82. The summed E-state index contributed by atoms with van der Waals surface area (Å²) < 4.78 is 7.11. The molecule has 3 aromatic rings. The Balaban J connectivity index is 1.69. The van der Waals surface area contributed by atoms with E-state index in [1.54, 1.807) is 25.3 Å². The van der Waals surface area contributed by atoms with Crippen molar-refractivity contribution < 1.29 is 9.66 Å². The van der Waals surface area contributed by atoms with Crippen molar-refractivity contribution in [2.45, 2.75) is 39.0 Å². The second-order valence-electron chi connectivity index (χ2n) is 7.65. The molecule has 1 aromatic heterocycles. The second kappa shape index (κ2) is 8.57. The molecule has 0 unspecified atom stereocenters. The zero-order valence-corrected chi connectivity index (χ0v) is 17.4. The van der Waals surface area contributed by atoms with Crippen LogP contribution in [-0.4, -0.2) is 28.4 Å². The SMILES string of the molecule is COc1ccc(CCc2nn(-c3cc([N+](=O)[O-])ccc3C)c3c2CCCCN3)cc1. The van der Waals surface area contributed by atoms with Gasteiger partial charge in [0.2, 0.25) is 0 Å². The Morgan fingerprint density at radius 2 is 1.97 bits per heavy atom. The van der Waals surface area contributed by atoms with Crippen molar-refractivity contribution in [2.24, 2.45) is 0 Å². The van der Waals surface area contributed by atoms with Gasteiger partial charge in [-0.1, -0.05) is 18.2 Å². The van der Waals surface area contributed by atoms with Crippen LogP contribution in [0.5, 0.6) is 5.75 Å². The van der Waals surface area contributed by atoms with Gasteiger partial charge >= 0.3 is 0 Å². The Kier molecular flexibility index (Phi) is 5.70. The smallest absolute Gasteiger partial charge is 0.271 e. The van der Waals surface area contributed by atoms with Crippen LogP contribution in [0.25, 0.3) is 5.69 Å². The highest BCUT2D eigenvalue weighted by Gasteiger charge is 2.22. The molecule has 7 heteroatoms. The molecule has 0 saturated heterocycles. The normalized spacial score (nSPS) is 13.3. The number of nitrogens with one attached hydrogen (secondary N) is 1. The highest BCUT2D eigenvalue weighted by molar-refractivity contribution is 5.58. The monoisotopic (exact) mass is 406 g/mol. The number of anilines is 1. The summed E-state index contributed by atoms with van der Waals surface area (Å²) in [6.07, 6.45) is 4.86. The molecule has 2 aromatic carbocycles. The molecule has 0 amide bonds. The van der Waals surface area contributed by atoms with E-state index in [2.05, 4.69) is 17.4 Å². The maximum atomic E-state index is 11.3. The number of hydrogen-bond donors (Lipinski definition) is 1. The van der Waals surface area contributed by atoms with Crippen molar-refractivity contribution >= 4 is 11.5 Å². The molecule has 30 heavy (non-hydrogen) atoms. The van der Waals surface area contributed by atoms with Gasteiger partial charge in [0, 0.05) is 24.2 Å². The van der Waals surface area contributed by atoms with Crippen LogP contribution >= 0.6 is 0 Å². The van der Waals surface area contributed by atoms with Crippen molar-refractivity contribution in [3.05, 3.63) is 75.0 Å². The molecule has 0 bridgehead atoms. The van der Waals surface area contributed by atoms with Gasteiger partial charge < -0.3 is 10.1 Å². The minimum Gasteiger partial charge on any atom is -0.497 e. The number of nitrogens with zero attached hydrogens (tertiary/aromatic N) is 3. The molecule has 0 aliphatic carbocycles. The van der Waals surface area contributed by atoms with Crippen LogP contribution in [0.2, 0.25) is 0 Å². The van der Waals surface area contributed by atoms with Crippen LogP contribution in [0.3, 0.4) is 0 Å². The lowest BCUT2D eigenvalue weighted by Gasteiger charge is -2.11. The number of rotatable bonds is 6. The molecule has 0 saturated carbocycles. The number of ether oxygens (including phenoxy) is 1. The van der Waals surface area contributed by atoms with Gasteiger partial charge in [-0.3, -0.25) is 10.1 Å². The molecule has 7 nitrogen and oxygen atoms in total. The first-order valence-corrected chi connectivity index (χ1v) is 10.3. The van der Waals surface area contributed by atoms with Crippen LogP contribution in [0, 0.1) is 17.0 Å². The molecular formula is C23H26N4O3. The highest BCUT2D eigenvalue weighted by atomic mass is 16.6. The van der Waals surface area contributed by atoms with E-state index in [0.717, 1.165) is 67.2 Å². The number of non-ortho nitro benzene ring substituents is 1.